The number of hydrogen-bond donors (Lipinski definition) is 2. The fraction of sp³-hybridized carbons (Fsp3) is 0.263. The van der Waals surface area contributed by atoms with Crippen molar-refractivity contribution in [2.75, 3.05) is 24.3 Å². The van der Waals surface area contributed by atoms with Crippen molar-refractivity contribution in [3.8, 4) is 5.75 Å². The molecular weight excluding hydrogens is 354 g/mol. The van der Waals surface area contributed by atoms with Crippen LogP contribution in [0.5, 0.6) is 5.75 Å². The van der Waals surface area contributed by atoms with Crippen molar-refractivity contribution < 1.29 is 14.3 Å². The lowest BCUT2D eigenvalue weighted by atomic mass is 10.2. The Morgan fingerprint density at radius 3 is 2.50 bits per heavy atom. The fourth-order valence-electron chi connectivity index (χ4n) is 3.00. The molecule has 1 fully saturated rings. The van der Waals surface area contributed by atoms with Gasteiger partial charge in [-0.1, -0.05) is 35.9 Å². The van der Waals surface area contributed by atoms with Crippen molar-refractivity contribution in [2.45, 2.75) is 18.9 Å². The van der Waals surface area contributed by atoms with Crippen LogP contribution in [0.15, 0.2) is 48.5 Å². The van der Waals surface area contributed by atoms with Crippen LogP contribution in [-0.2, 0) is 4.79 Å². The van der Waals surface area contributed by atoms with Gasteiger partial charge in [0.1, 0.15) is 11.8 Å². The van der Waals surface area contributed by atoms with Gasteiger partial charge >= 0.3 is 6.03 Å². The van der Waals surface area contributed by atoms with Crippen LogP contribution in [0.3, 0.4) is 0 Å². The highest BCUT2D eigenvalue weighted by molar-refractivity contribution is 6.33. The van der Waals surface area contributed by atoms with Gasteiger partial charge in [-0.2, -0.15) is 0 Å². The van der Waals surface area contributed by atoms with Crippen molar-refractivity contribution in [3.63, 3.8) is 0 Å². The van der Waals surface area contributed by atoms with E-state index in [1.54, 1.807) is 48.4 Å². The number of amides is 3. The lowest BCUT2D eigenvalue weighted by Gasteiger charge is -2.24. The summed E-state index contributed by atoms with van der Waals surface area (Å²) in [7, 11) is 1.54. The van der Waals surface area contributed by atoms with E-state index in [0.717, 1.165) is 6.42 Å². The maximum atomic E-state index is 12.7. The molecule has 2 aromatic carbocycles. The van der Waals surface area contributed by atoms with E-state index in [0.29, 0.717) is 35.1 Å². The quantitative estimate of drug-likeness (QED) is 0.851. The van der Waals surface area contributed by atoms with Crippen molar-refractivity contribution >= 4 is 34.9 Å². The van der Waals surface area contributed by atoms with Crippen LogP contribution in [0.25, 0.3) is 0 Å². The molecule has 2 N–H and O–H groups in total. The van der Waals surface area contributed by atoms with Gasteiger partial charge in [0.15, 0.2) is 0 Å². The molecule has 1 saturated heterocycles. The lowest BCUT2D eigenvalue weighted by Crippen LogP contribution is -2.45. The summed E-state index contributed by atoms with van der Waals surface area (Å²) in [5.74, 6) is 0.322. The number of methoxy groups -OCH3 is 1. The van der Waals surface area contributed by atoms with E-state index in [4.69, 9.17) is 16.3 Å². The van der Waals surface area contributed by atoms with E-state index in [-0.39, 0.29) is 11.9 Å². The Balaban J connectivity index is 1.70. The van der Waals surface area contributed by atoms with Gasteiger partial charge in [0, 0.05) is 6.54 Å². The van der Waals surface area contributed by atoms with E-state index >= 15 is 0 Å². The highest BCUT2D eigenvalue weighted by Crippen LogP contribution is 2.26. The molecule has 0 unspecified atom stereocenters. The van der Waals surface area contributed by atoms with Gasteiger partial charge in [0.25, 0.3) is 0 Å². The number of nitrogens with one attached hydrogen (secondary N) is 2. The number of benzene rings is 2. The molecule has 0 aliphatic carbocycles. The highest BCUT2D eigenvalue weighted by atomic mass is 35.5. The average Bonchev–Trinajstić information content (AvgIpc) is 3.14. The molecule has 0 spiro atoms. The van der Waals surface area contributed by atoms with Crippen LogP contribution < -0.4 is 15.4 Å². The number of nitrogens with zero attached hydrogens (tertiary/aromatic N) is 1. The van der Waals surface area contributed by atoms with Crippen LogP contribution in [0.2, 0.25) is 5.02 Å². The van der Waals surface area contributed by atoms with Gasteiger partial charge < -0.3 is 20.3 Å². The third kappa shape index (κ3) is 3.91. The van der Waals surface area contributed by atoms with Crippen LogP contribution in [0.4, 0.5) is 16.2 Å². The van der Waals surface area contributed by atoms with Gasteiger partial charge in [-0.05, 0) is 37.1 Å². The Kier molecular flexibility index (Phi) is 5.63. The summed E-state index contributed by atoms with van der Waals surface area (Å²) in [6.07, 6.45) is 1.37. The summed E-state index contributed by atoms with van der Waals surface area (Å²) in [6.45, 7) is 0.515. The molecule has 0 saturated carbocycles. The fourth-order valence-corrected chi connectivity index (χ4v) is 3.18. The number of rotatable bonds is 4. The molecule has 1 atom stereocenters. The highest BCUT2D eigenvalue weighted by Gasteiger charge is 2.34. The summed E-state index contributed by atoms with van der Waals surface area (Å²) in [5.41, 5.74) is 1.10. The van der Waals surface area contributed by atoms with Crippen molar-refractivity contribution in [1.29, 1.82) is 0 Å². The Bertz CT molecular complexity index is 812. The van der Waals surface area contributed by atoms with Crippen LogP contribution in [0, 0.1) is 0 Å². The van der Waals surface area contributed by atoms with E-state index in [2.05, 4.69) is 10.6 Å². The predicted octanol–water partition coefficient (Wildman–Crippen LogP) is 3.98. The van der Waals surface area contributed by atoms with E-state index in [1.165, 1.54) is 0 Å². The molecule has 1 aliphatic heterocycles. The van der Waals surface area contributed by atoms with Crippen LogP contribution in [-0.4, -0.2) is 36.5 Å². The second-order valence-electron chi connectivity index (χ2n) is 5.95. The molecule has 0 bridgehead atoms. The Hall–Kier alpha value is -2.73. The maximum absolute atomic E-state index is 12.7. The molecular formula is C19H20ClN3O3. The third-order valence-electron chi connectivity index (χ3n) is 4.30. The lowest BCUT2D eigenvalue weighted by molar-refractivity contribution is -0.119. The predicted molar refractivity (Wildman–Crippen MR) is 102 cm³/mol. The molecule has 3 amide bonds. The Morgan fingerprint density at radius 2 is 1.77 bits per heavy atom. The van der Waals surface area contributed by atoms with Gasteiger partial charge in [-0.15, -0.1) is 0 Å². The molecule has 7 heteroatoms. The molecule has 3 rings (SSSR count). The van der Waals surface area contributed by atoms with Crippen molar-refractivity contribution in [2.24, 2.45) is 0 Å². The Labute approximate surface area is 157 Å². The smallest absolute Gasteiger partial charge is 0.322 e. The third-order valence-corrected chi connectivity index (χ3v) is 4.63. The molecule has 1 heterocycles. The molecule has 1 aliphatic rings. The van der Waals surface area contributed by atoms with E-state index in [9.17, 15) is 9.59 Å². The van der Waals surface area contributed by atoms with Crippen LogP contribution >= 0.6 is 11.6 Å². The number of halogens is 1. The Morgan fingerprint density at radius 1 is 1.08 bits per heavy atom. The topological polar surface area (TPSA) is 70.7 Å². The normalized spacial score (nSPS) is 16.2. The first-order valence-electron chi connectivity index (χ1n) is 8.36. The first-order chi connectivity index (χ1) is 12.6. The molecule has 136 valence electrons. The summed E-state index contributed by atoms with van der Waals surface area (Å²) in [6, 6.07) is 13.3. The SMILES string of the molecule is COc1ccccc1NC(=O)N1CCC[C@@H]1C(=O)Nc1ccccc1Cl. The average molecular weight is 374 g/mol. The number of likely N-dealkylation sites (tertiary alicyclic amines) is 1. The van der Waals surface area contributed by atoms with Crippen molar-refractivity contribution in [1.82, 2.24) is 4.90 Å². The summed E-state index contributed by atoms with van der Waals surface area (Å²) in [4.78, 5) is 26.9. The zero-order valence-corrected chi connectivity index (χ0v) is 15.1. The largest absolute Gasteiger partial charge is 0.495 e. The number of ether oxygens (including phenoxy) is 1. The molecule has 2 aromatic rings. The van der Waals surface area contributed by atoms with Gasteiger partial charge in [0.2, 0.25) is 5.91 Å². The molecule has 26 heavy (non-hydrogen) atoms. The monoisotopic (exact) mass is 373 g/mol. The molecule has 0 aromatic heterocycles. The molecule has 6 nitrogen and oxygen atoms in total. The van der Waals surface area contributed by atoms with Gasteiger partial charge in [-0.3, -0.25) is 4.79 Å². The van der Waals surface area contributed by atoms with E-state index in [1.807, 2.05) is 12.1 Å². The second-order valence-corrected chi connectivity index (χ2v) is 6.36. The van der Waals surface area contributed by atoms with Gasteiger partial charge in [-0.25, -0.2) is 4.79 Å². The number of para-hydroxylation sites is 3. The standard InChI is InChI=1S/C19H20ClN3O3/c1-26-17-11-5-4-9-15(17)22-19(25)23-12-6-10-16(23)18(24)21-14-8-3-2-7-13(14)20/h2-5,7-9,11,16H,6,10,12H2,1H3,(H,21,24)(H,22,25)/t16-/m1/s1. The van der Waals surface area contributed by atoms with E-state index < -0.39 is 6.04 Å². The number of anilines is 2. The number of urea groups is 1. The number of hydrogen-bond acceptors (Lipinski definition) is 3. The summed E-state index contributed by atoms with van der Waals surface area (Å²) >= 11 is 6.09. The minimum Gasteiger partial charge on any atom is -0.495 e. The number of carbonyl (C=O) groups excluding carboxylic acids is 2. The first kappa shape index (κ1) is 18.1. The minimum atomic E-state index is -0.541. The minimum absolute atomic E-state index is 0.245. The van der Waals surface area contributed by atoms with Crippen LogP contribution in [0.1, 0.15) is 12.8 Å². The summed E-state index contributed by atoms with van der Waals surface area (Å²) in [5, 5.41) is 6.09. The number of carbonyl (C=O) groups is 2. The summed E-state index contributed by atoms with van der Waals surface area (Å²) < 4.78 is 5.25. The van der Waals surface area contributed by atoms with Gasteiger partial charge in [0.05, 0.1) is 23.5 Å². The zero-order chi connectivity index (χ0) is 18.5. The zero-order valence-electron chi connectivity index (χ0n) is 14.4. The second kappa shape index (κ2) is 8.10. The van der Waals surface area contributed by atoms with Crippen molar-refractivity contribution in [3.05, 3.63) is 53.6 Å². The first-order valence-corrected chi connectivity index (χ1v) is 8.74. The molecule has 0 radical (unpaired) electrons. The maximum Gasteiger partial charge on any atom is 0.322 e.